The molecule has 1 heterocycles. The molecule has 5 heteroatoms. The highest BCUT2D eigenvalue weighted by Crippen LogP contribution is 2.55. The third kappa shape index (κ3) is 4.59. The molecular formula is C27H40N2O3. The van der Waals surface area contributed by atoms with Crippen molar-refractivity contribution in [3.8, 4) is 0 Å². The number of carbonyl (C=O) groups is 2. The van der Waals surface area contributed by atoms with Crippen LogP contribution in [-0.2, 0) is 16.0 Å². The van der Waals surface area contributed by atoms with Crippen molar-refractivity contribution >= 4 is 11.8 Å². The quantitative estimate of drug-likeness (QED) is 0.732. The van der Waals surface area contributed by atoms with Gasteiger partial charge in [-0.3, -0.25) is 9.59 Å². The number of aliphatic hydroxyl groups excluding tert-OH is 1. The van der Waals surface area contributed by atoms with Crippen molar-refractivity contribution in [3.05, 3.63) is 35.9 Å². The van der Waals surface area contributed by atoms with Crippen molar-refractivity contribution in [1.82, 2.24) is 10.2 Å². The highest BCUT2D eigenvalue weighted by atomic mass is 16.3. The van der Waals surface area contributed by atoms with Crippen LogP contribution in [0.5, 0.6) is 0 Å². The minimum absolute atomic E-state index is 0.00222. The number of hydrogen-bond acceptors (Lipinski definition) is 3. The van der Waals surface area contributed by atoms with Crippen molar-refractivity contribution in [2.45, 2.75) is 77.9 Å². The van der Waals surface area contributed by atoms with Crippen LogP contribution in [-0.4, -0.2) is 47.1 Å². The van der Waals surface area contributed by atoms with Crippen molar-refractivity contribution in [2.24, 2.45) is 29.1 Å². The molecule has 3 aliphatic rings. The second kappa shape index (κ2) is 9.54. The zero-order chi connectivity index (χ0) is 22.9. The van der Waals surface area contributed by atoms with Crippen molar-refractivity contribution < 1.29 is 14.7 Å². The van der Waals surface area contributed by atoms with Gasteiger partial charge < -0.3 is 15.3 Å². The van der Waals surface area contributed by atoms with Gasteiger partial charge in [0.05, 0.1) is 12.5 Å². The average Bonchev–Trinajstić information content (AvgIpc) is 3.31. The van der Waals surface area contributed by atoms with E-state index in [0.717, 1.165) is 57.2 Å². The van der Waals surface area contributed by atoms with Gasteiger partial charge >= 0.3 is 0 Å². The van der Waals surface area contributed by atoms with E-state index in [9.17, 15) is 14.7 Å². The molecule has 1 unspecified atom stereocenters. The Morgan fingerprint density at radius 2 is 1.81 bits per heavy atom. The third-order valence-electron chi connectivity index (χ3n) is 8.89. The average molecular weight is 441 g/mol. The molecule has 0 aromatic heterocycles. The number of nitrogens with one attached hydrogen (secondary N) is 1. The maximum absolute atomic E-state index is 13.1. The Kier molecular flexibility index (Phi) is 6.94. The second-order valence-electron chi connectivity index (χ2n) is 10.9. The highest BCUT2D eigenvalue weighted by molar-refractivity contribution is 5.79. The Morgan fingerprint density at radius 3 is 2.50 bits per heavy atom. The minimum Gasteiger partial charge on any atom is -0.392 e. The summed E-state index contributed by atoms with van der Waals surface area (Å²) >= 11 is 0. The van der Waals surface area contributed by atoms with Crippen LogP contribution < -0.4 is 5.32 Å². The minimum atomic E-state index is -0.501. The van der Waals surface area contributed by atoms with Crippen LogP contribution in [0.25, 0.3) is 0 Å². The Balaban J connectivity index is 1.43. The van der Waals surface area contributed by atoms with E-state index in [0.29, 0.717) is 6.42 Å². The lowest BCUT2D eigenvalue weighted by Gasteiger charge is -2.56. The molecule has 176 valence electrons. The van der Waals surface area contributed by atoms with Crippen LogP contribution >= 0.6 is 0 Å². The van der Waals surface area contributed by atoms with E-state index >= 15 is 0 Å². The first-order chi connectivity index (χ1) is 15.3. The fraction of sp³-hybridized carbons (Fsp3) is 0.704. The van der Waals surface area contributed by atoms with Crippen molar-refractivity contribution in [3.63, 3.8) is 0 Å². The lowest BCUT2D eigenvalue weighted by molar-refractivity contribution is -0.150. The summed E-state index contributed by atoms with van der Waals surface area (Å²) in [7, 11) is 0. The molecule has 2 saturated carbocycles. The molecule has 2 aliphatic carbocycles. The molecule has 4 rings (SSSR count). The SMILES string of the molecule is C[C@H]1[C@@H]2[C@@H](O)C([C@H](C)C(=O)N3CCCC3)CC[C@@]2(C)CC[C@@H]1NC(=O)Cc1ccccc1. The van der Waals surface area contributed by atoms with Gasteiger partial charge in [0.25, 0.3) is 0 Å². The van der Waals surface area contributed by atoms with Gasteiger partial charge in [0.2, 0.25) is 11.8 Å². The molecule has 1 saturated heterocycles. The monoisotopic (exact) mass is 440 g/mol. The molecule has 2 amide bonds. The topological polar surface area (TPSA) is 69.6 Å². The van der Waals surface area contributed by atoms with Gasteiger partial charge in [0, 0.05) is 25.0 Å². The summed E-state index contributed by atoms with van der Waals surface area (Å²) < 4.78 is 0. The Hall–Kier alpha value is -1.88. The molecule has 1 aromatic carbocycles. The Bertz CT molecular complexity index is 806. The summed E-state index contributed by atoms with van der Waals surface area (Å²) in [5.41, 5.74) is 1.09. The van der Waals surface area contributed by atoms with Crippen molar-refractivity contribution in [2.75, 3.05) is 13.1 Å². The normalized spacial score (nSPS) is 35.8. The van der Waals surface area contributed by atoms with Gasteiger partial charge in [0.1, 0.15) is 0 Å². The lowest BCUT2D eigenvalue weighted by Crippen LogP contribution is -2.58. The molecule has 2 N–H and O–H groups in total. The lowest BCUT2D eigenvalue weighted by atomic mass is 9.51. The number of carbonyl (C=O) groups excluding carboxylic acids is 2. The van der Waals surface area contributed by atoms with Gasteiger partial charge in [0.15, 0.2) is 0 Å². The Labute approximate surface area is 193 Å². The first kappa shape index (κ1) is 23.3. The van der Waals surface area contributed by atoms with Crippen molar-refractivity contribution in [1.29, 1.82) is 0 Å². The third-order valence-corrected chi connectivity index (χ3v) is 8.89. The summed E-state index contributed by atoms with van der Waals surface area (Å²) in [6.45, 7) is 8.23. The molecule has 0 radical (unpaired) electrons. The van der Waals surface area contributed by atoms with E-state index < -0.39 is 6.10 Å². The predicted molar refractivity (Wildman–Crippen MR) is 126 cm³/mol. The highest BCUT2D eigenvalue weighted by Gasteiger charge is 2.54. The van der Waals surface area contributed by atoms with E-state index in [1.54, 1.807) is 0 Å². The number of likely N-dealkylation sites (tertiary alicyclic amines) is 1. The number of rotatable bonds is 5. The first-order valence-corrected chi connectivity index (χ1v) is 12.6. The van der Waals surface area contributed by atoms with Crippen LogP contribution in [0.3, 0.4) is 0 Å². The number of aliphatic hydroxyl groups is 1. The number of amides is 2. The van der Waals surface area contributed by atoms with Gasteiger partial charge in [-0.15, -0.1) is 0 Å². The number of fused-ring (bicyclic) bond motifs is 1. The molecule has 7 atom stereocenters. The molecule has 5 nitrogen and oxygen atoms in total. The van der Waals surface area contributed by atoms with Gasteiger partial charge in [-0.25, -0.2) is 0 Å². The fourth-order valence-electron chi connectivity index (χ4n) is 6.95. The summed E-state index contributed by atoms with van der Waals surface area (Å²) in [4.78, 5) is 27.8. The summed E-state index contributed by atoms with van der Waals surface area (Å²) in [5.74, 6) is 0.406. The van der Waals surface area contributed by atoms with E-state index in [1.807, 2.05) is 42.2 Å². The molecule has 0 spiro atoms. The smallest absolute Gasteiger partial charge is 0.225 e. The van der Waals surface area contributed by atoms with E-state index in [4.69, 9.17) is 0 Å². The van der Waals surface area contributed by atoms with E-state index in [1.165, 1.54) is 0 Å². The molecule has 0 bridgehead atoms. The molecule has 3 fully saturated rings. The molecule has 1 aliphatic heterocycles. The standard InChI is InChI=1S/C27H40N2O3/c1-18(26(32)29-15-7-8-16-29)21-11-13-27(3)14-12-22(19(2)24(27)25(21)31)28-23(30)17-20-9-5-4-6-10-20/h4-6,9-10,18-19,21-22,24-25,31H,7-8,11-17H2,1-3H3,(H,28,30)/t18-,19+,21?,22-,24+,25-,27-/m0/s1. The predicted octanol–water partition coefficient (Wildman–Crippen LogP) is 3.80. The van der Waals surface area contributed by atoms with Gasteiger partial charge in [-0.2, -0.15) is 0 Å². The zero-order valence-corrected chi connectivity index (χ0v) is 19.9. The van der Waals surface area contributed by atoms with E-state index in [2.05, 4.69) is 19.2 Å². The maximum Gasteiger partial charge on any atom is 0.225 e. The van der Waals surface area contributed by atoms with Crippen LogP contribution in [0.4, 0.5) is 0 Å². The van der Waals surface area contributed by atoms with Crippen LogP contribution in [0.2, 0.25) is 0 Å². The van der Waals surface area contributed by atoms with E-state index in [-0.39, 0.29) is 46.9 Å². The fourth-order valence-corrected chi connectivity index (χ4v) is 6.95. The van der Waals surface area contributed by atoms with Crippen LogP contribution in [0, 0.1) is 29.1 Å². The number of hydrogen-bond donors (Lipinski definition) is 2. The van der Waals surface area contributed by atoms with Crippen LogP contribution in [0.15, 0.2) is 30.3 Å². The Morgan fingerprint density at radius 1 is 1.16 bits per heavy atom. The molecular weight excluding hydrogens is 400 g/mol. The maximum atomic E-state index is 13.1. The zero-order valence-electron chi connectivity index (χ0n) is 19.9. The summed E-state index contributed by atoms with van der Waals surface area (Å²) in [6, 6.07) is 9.91. The molecule has 1 aromatic rings. The largest absolute Gasteiger partial charge is 0.392 e. The number of nitrogens with zero attached hydrogens (tertiary/aromatic N) is 1. The summed E-state index contributed by atoms with van der Waals surface area (Å²) in [5, 5.41) is 14.8. The first-order valence-electron chi connectivity index (χ1n) is 12.6. The van der Waals surface area contributed by atoms with Crippen LogP contribution in [0.1, 0.15) is 64.9 Å². The van der Waals surface area contributed by atoms with Gasteiger partial charge in [-0.1, -0.05) is 51.1 Å². The second-order valence-corrected chi connectivity index (χ2v) is 10.9. The number of benzene rings is 1. The summed E-state index contributed by atoms with van der Waals surface area (Å²) in [6.07, 6.45) is 5.99. The van der Waals surface area contributed by atoms with Gasteiger partial charge in [-0.05, 0) is 67.3 Å². The molecule has 32 heavy (non-hydrogen) atoms.